The van der Waals surface area contributed by atoms with Gasteiger partial charge in [-0.05, 0) is 36.1 Å². The van der Waals surface area contributed by atoms with Crippen LogP contribution in [0.3, 0.4) is 0 Å². The van der Waals surface area contributed by atoms with Crippen molar-refractivity contribution in [3.8, 4) is 11.5 Å². The predicted octanol–water partition coefficient (Wildman–Crippen LogP) is 4.38. The minimum absolute atomic E-state index is 0.271. The topological polar surface area (TPSA) is 40.5 Å². The van der Waals surface area contributed by atoms with Crippen molar-refractivity contribution in [2.24, 2.45) is 0 Å². The Morgan fingerprint density at radius 2 is 1.09 bits per heavy atom. The highest BCUT2D eigenvalue weighted by Gasteiger charge is 2.44. The van der Waals surface area contributed by atoms with E-state index in [9.17, 15) is 10.2 Å². The summed E-state index contributed by atoms with van der Waals surface area (Å²) >= 11 is 0. The summed E-state index contributed by atoms with van der Waals surface area (Å²) in [5.74, 6) is 0.542. The van der Waals surface area contributed by atoms with Crippen LogP contribution in [0.15, 0.2) is 72.8 Å². The molecule has 1 aliphatic rings. The zero-order chi connectivity index (χ0) is 15.9. The molecule has 2 heteroatoms. The van der Waals surface area contributed by atoms with Gasteiger partial charge in [-0.15, -0.1) is 0 Å². The molecule has 0 amide bonds. The van der Waals surface area contributed by atoms with Crippen LogP contribution in [0.1, 0.15) is 28.7 Å². The van der Waals surface area contributed by atoms with Crippen molar-refractivity contribution in [1.82, 2.24) is 0 Å². The molecular weight excluding hydrogens is 284 g/mol. The maximum absolute atomic E-state index is 10.5. The van der Waals surface area contributed by atoms with Crippen LogP contribution >= 0.6 is 0 Å². The molecule has 0 spiro atoms. The van der Waals surface area contributed by atoms with Gasteiger partial charge in [0.05, 0.1) is 5.41 Å². The van der Waals surface area contributed by atoms with Crippen molar-refractivity contribution in [2.75, 3.05) is 0 Å². The molecule has 3 aromatic carbocycles. The minimum Gasteiger partial charge on any atom is -0.508 e. The van der Waals surface area contributed by atoms with E-state index in [1.54, 1.807) is 12.1 Å². The van der Waals surface area contributed by atoms with Gasteiger partial charge < -0.3 is 10.2 Å². The Hall–Kier alpha value is -2.74. The maximum Gasteiger partial charge on any atom is 0.120 e. The van der Waals surface area contributed by atoms with E-state index < -0.39 is 5.41 Å². The summed E-state index contributed by atoms with van der Waals surface area (Å²) in [6.07, 6.45) is 1.76. The largest absolute Gasteiger partial charge is 0.508 e. The van der Waals surface area contributed by atoms with Crippen LogP contribution in [0, 0.1) is 0 Å². The highest BCUT2D eigenvalue weighted by Crippen LogP contribution is 2.53. The summed E-state index contributed by atoms with van der Waals surface area (Å²) < 4.78 is 0. The molecule has 2 N–H and O–H groups in total. The number of para-hydroxylation sites is 2. The van der Waals surface area contributed by atoms with Crippen LogP contribution < -0.4 is 0 Å². The highest BCUT2D eigenvalue weighted by molar-refractivity contribution is 5.62. The van der Waals surface area contributed by atoms with Gasteiger partial charge in [0.2, 0.25) is 0 Å². The lowest BCUT2D eigenvalue weighted by molar-refractivity contribution is 0.434. The second kappa shape index (κ2) is 5.17. The van der Waals surface area contributed by atoms with Crippen LogP contribution in [-0.4, -0.2) is 10.2 Å². The molecule has 0 fully saturated rings. The number of benzene rings is 3. The quantitative estimate of drug-likeness (QED) is 0.737. The SMILES string of the molecule is Oc1ccccc1C1(c2ccccc2O)CCc2ccccc21. The van der Waals surface area contributed by atoms with Crippen LogP contribution in [0.2, 0.25) is 0 Å². The van der Waals surface area contributed by atoms with E-state index in [1.165, 1.54) is 11.1 Å². The average molecular weight is 302 g/mol. The van der Waals surface area contributed by atoms with E-state index in [4.69, 9.17) is 0 Å². The van der Waals surface area contributed by atoms with Gasteiger partial charge in [0, 0.05) is 11.1 Å². The molecular formula is C21H18O2. The van der Waals surface area contributed by atoms with Crippen LogP contribution in [0.25, 0.3) is 0 Å². The number of phenolic OH excluding ortho intramolecular Hbond substituents is 2. The number of phenols is 2. The van der Waals surface area contributed by atoms with E-state index >= 15 is 0 Å². The van der Waals surface area contributed by atoms with Crippen molar-refractivity contribution < 1.29 is 10.2 Å². The van der Waals surface area contributed by atoms with Gasteiger partial charge in [-0.25, -0.2) is 0 Å². The molecule has 0 saturated carbocycles. The minimum atomic E-state index is -0.507. The lowest BCUT2D eigenvalue weighted by Crippen LogP contribution is -2.26. The summed E-state index contributed by atoms with van der Waals surface area (Å²) in [7, 11) is 0. The lowest BCUT2D eigenvalue weighted by atomic mass is 9.69. The number of aromatic hydroxyl groups is 2. The van der Waals surface area contributed by atoms with Crippen LogP contribution in [0.4, 0.5) is 0 Å². The number of rotatable bonds is 2. The monoisotopic (exact) mass is 302 g/mol. The van der Waals surface area contributed by atoms with Gasteiger partial charge in [-0.3, -0.25) is 0 Å². The van der Waals surface area contributed by atoms with Crippen molar-refractivity contribution in [2.45, 2.75) is 18.3 Å². The molecule has 1 aliphatic carbocycles. The molecule has 2 nitrogen and oxygen atoms in total. The third-order valence-electron chi connectivity index (χ3n) is 4.97. The first-order chi connectivity index (χ1) is 11.2. The Kier molecular flexibility index (Phi) is 3.12. The number of fused-ring (bicyclic) bond motifs is 1. The third-order valence-corrected chi connectivity index (χ3v) is 4.97. The fraction of sp³-hybridized carbons (Fsp3) is 0.143. The van der Waals surface area contributed by atoms with Crippen LogP contribution in [0.5, 0.6) is 11.5 Å². The first kappa shape index (κ1) is 13.9. The molecule has 23 heavy (non-hydrogen) atoms. The molecule has 4 rings (SSSR count). The second-order valence-corrected chi connectivity index (χ2v) is 6.10. The lowest BCUT2D eigenvalue weighted by Gasteiger charge is -2.33. The molecule has 0 heterocycles. The highest BCUT2D eigenvalue weighted by atomic mass is 16.3. The van der Waals surface area contributed by atoms with Crippen molar-refractivity contribution in [3.05, 3.63) is 95.1 Å². The summed E-state index contributed by atoms with van der Waals surface area (Å²) in [6.45, 7) is 0. The molecule has 0 aromatic heterocycles. The number of aryl methyl sites for hydroxylation is 1. The fourth-order valence-electron chi connectivity index (χ4n) is 3.99. The Morgan fingerprint density at radius 1 is 0.609 bits per heavy atom. The van der Waals surface area contributed by atoms with Gasteiger partial charge in [-0.1, -0.05) is 60.7 Å². The van der Waals surface area contributed by atoms with Gasteiger partial charge >= 0.3 is 0 Å². The van der Waals surface area contributed by atoms with Crippen LogP contribution in [-0.2, 0) is 11.8 Å². The normalized spacial score (nSPS) is 15.3. The molecule has 3 aromatic rings. The van der Waals surface area contributed by atoms with Crippen molar-refractivity contribution >= 4 is 0 Å². The number of hydrogen-bond acceptors (Lipinski definition) is 2. The maximum atomic E-state index is 10.5. The summed E-state index contributed by atoms with van der Waals surface area (Å²) in [6, 6.07) is 23.2. The fourth-order valence-corrected chi connectivity index (χ4v) is 3.99. The Labute approximate surface area is 135 Å². The van der Waals surface area contributed by atoms with E-state index in [0.29, 0.717) is 0 Å². The molecule has 0 aliphatic heterocycles. The van der Waals surface area contributed by atoms with Gasteiger partial charge in [0.15, 0.2) is 0 Å². The zero-order valence-electron chi connectivity index (χ0n) is 12.7. The molecule has 0 radical (unpaired) electrons. The average Bonchev–Trinajstić information content (AvgIpc) is 2.96. The summed E-state index contributed by atoms with van der Waals surface area (Å²) in [5.41, 5.74) is 3.65. The first-order valence-corrected chi connectivity index (χ1v) is 7.89. The molecule has 114 valence electrons. The smallest absolute Gasteiger partial charge is 0.120 e. The Morgan fingerprint density at radius 3 is 1.65 bits per heavy atom. The predicted molar refractivity (Wildman–Crippen MR) is 90.9 cm³/mol. The molecule has 0 bridgehead atoms. The van der Waals surface area contributed by atoms with E-state index in [-0.39, 0.29) is 11.5 Å². The van der Waals surface area contributed by atoms with Gasteiger partial charge in [0.1, 0.15) is 11.5 Å². The van der Waals surface area contributed by atoms with E-state index in [2.05, 4.69) is 12.1 Å². The Balaban J connectivity index is 2.09. The summed E-state index contributed by atoms with van der Waals surface area (Å²) in [5, 5.41) is 21.1. The first-order valence-electron chi connectivity index (χ1n) is 7.89. The molecule has 0 atom stereocenters. The third kappa shape index (κ3) is 1.95. The second-order valence-electron chi connectivity index (χ2n) is 6.10. The summed E-state index contributed by atoms with van der Waals surface area (Å²) in [4.78, 5) is 0. The van der Waals surface area contributed by atoms with Crippen molar-refractivity contribution in [3.63, 3.8) is 0 Å². The standard InChI is InChI=1S/C21H18O2/c22-19-11-5-3-9-17(19)21(18-10-4-6-12-20(18)23)14-13-15-7-1-2-8-16(15)21/h1-12,22-23H,13-14H2. The number of hydrogen-bond donors (Lipinski definition) is 2. The molecule has 0 saturated heterocycles. The zero-order valence-corrected chi connectivity index (χ0v) is 12.7. The van der Waals surface area contributed by atoms with E-state index in [1.807, 2.05) is 48.5 Å². The van der Waals surface area contributed by atoms with Crippen molar-refractivity contribution in [1.29, 1.82) is 0 Å². The Bertz CT molecular complexity index is 821. The van der Waals surface area contributed by atoms with Gasteiger partial charge in [0.25, 0.3) is 0 Å². The molecule has 0 unspecified atom stereocenters. The van der Waals surface area contributed by atoms with Gasteiger partial charge in [-0.2, -0.15) is 0 Å². The van der Waals surface area contributed by atoms with E-state index in [0.717, 1.165) is 24.0 Å².